The zero-order chi connectivity index (χ0) is 9.42. The number of rotatable bonds is 1. The van der Waals surface area contributed by atoms with Crippen LogP contribution in [0, 0.1) is 12.7 Å². The third kappa shape index (κ3) is 1.24. The van der Waals surface area contributed by atoms with Gasteiger partial charge < -0.3 is 9.72 Å². The predicted molar refractivity (Wildman–Crippen MR) is 49.4 cm³/mol. The lowest BCUT2D eigenvalue weighted by atomic mass is 10.4. The zero-order valence-electron chi connectivity index (χ0n) is 7.50. The molecule has 0 aromatic carbocycles. The van der Waals surface area contributed by atoms with Crippen molar-refractivity contribution in [1.82, 2.24) is 9.38 Å². The smallest absolute Gasteiger partial charge is 0.151 e. The Morgan fingerprint density at radius 3 is 2.92 bits per heavy atom. The summed E-state index contributed by atoms with van der Waals surface area (Å²) in [5.41, 5.74) is 1.99. The van der Waals surface area contributed by atoms with Gasteiger partial charge >= 0.3 is 0 Å². The average Bonchev–Trinajstić information content (AvgIpc) is 2.42. The predicted octanol–water partition coefficient (Wildman–Crippen LogP) is 1.82. The second kappa shape index (κ2) is 2.73. The van der Waals surface area contributed by atoms with E-state index >= 15 is 0 Å². The van der Waals surface area contributed by atoms with E-state index in [0.29, 0.717) is 11.3 Å². The summed E-state index contributed by atoms with van der Waals surface area (Å²) in [4.78, 5) is 4.14. The molecule has 0 bridgehead atoms. The Balaban J connectivity index is 2.72. The van der Waals surface area contributed by atoms with Crippen molar-refractivity contribution in [3.8, 4) is 0 Å². The molecule has 0 aliphatic heterocycles. The quantitative estimate of drug-likeness (QED) is 0.723. The maximum absolute atomic E-state index is 13.2. The molecule has 0 unspecified atom stereocenters. The first-order chi connectivity index (χ1) is 6.20. The Bertz CT molecular complexity index is 447. The molecular formula is C9H10FN3. The van der Waals surface area contributed by atoms with Crippen molar-refractivity contribution in [2.75, 3.05) is 12.4 Å². The van der Waals surface area contributed by atoms with Gasteiger partial charge in [-0.25, -0.2) is 9.37 Å². The third-order valence-electron chi connectivity index (χ3n) is 1.93. The summed E-state index contributed by atoms with van der Waals surface area (Å²) in [5, 5.41) is 2.77. The first kappa shape index (κ1) is 8.04. The molecule has 2 aromatic rings. The van der Waals surface area contributed by atoms with Crippen LogP contribution in [-0.4, -0.2) is 16.4 Å². The van der Waals surface area contributed by atoms with E-state index in [1.165, 1.54) is 6.07 Å². The topological polar surface area (TPSA) is 29.3 Å². The summed E-state index contributed by atoms with van der Waals surface area (Å²) >= 11 is 0. The number of hydrogen-bond acceptors (Lipinski definition) is 2. The SMILES string of the molecule is CNc1cn2cc(C)nc2cc1F. The summed E-state index contributed by atoms with van der Waals surface area (Å²) in [5.74, 6) is -0.277. The molecule has 0 spiro atoms. The highest BCUT2D eigenvalue weighted by molar-refractivity contribution is 5.51. The Kier molecular flexibility index (Phi) is 1.69. The average molecular weight is 179 g/mol. The van der Waals surface area contributed by atoms with Crippen molar-refractivity contribution in [3.05, 3.63) is 30.0 Å². The molecule has 4 heteroatoms. The number of fused-ring (bicyclic) bond motifs is 1. The fraction of sp³-hybridized carbons (Fsp3) is 0.222. The number of halogens is 1. The van der Waals surface area contributed by atoms with Gasteiger partial charge in [0.05, 0.1) is 11.4 Å². The van der Waals surface area contributed by atoms with Crippen LogP contribution < -0.4 is 5.32 Å². The fourth-order valence-electron chi connectivity index (χ4n) is 1.32. The van der Waals surface area contributed by atoms with E-state index < -0.39 is 0 Å². The third-order valence-corrected chi connectivity index (χ3v) is 1.93. The van der Waals surface area contributed by atoms with E-state index in [1.54, 1.807) is 17.6 Å². The van der Waals surface area contributed by atoms with E-state index in [9.17, 15) is 4.39 Å². The van der Waals surface area contributed by atoms with Gasteiger partial charge in [0.15, 0.2) is 5.82 Å². The van der Waals surface area contributed by atoms with Gasteiger partial charge in [-0.15, -0.1) is 0 Å². The molecule has 0 aliphatic carbocycles. The minimum atomic E-state index is -0.277. The van der Waals surface area contributed by atoms with Crippen LogP contribution in [0.5, 0.6) is 0 Å². The lowest BCUT2D eigenvalue weighted by Gasteiger charge is -2.02. The highest BCUT2D eigenvalue weighted by Crippen LogP contribution is 2.15. The number of aryl methyl sites for hydroxylation is 1. The van der Waals surface area contributed by atoms with Crippen LogP contribution in [0.3, 0.4) is 0 Å². The van der Waals surface area contributed by atoms with Gasteiger partial charge in [0.25, 0.3) is 0 Å². The van der Waals surface area contributed by atoms with Gasteiger partial charge in [-0.3, -0.25) is 0 Å². The largest absolute Gasteiger partial charge is 0.385 e. The highest BCUT2D eigenvalue weighted by atomic mass is 19.1. The summed E-state index contributed by atoms with van der Waals surface area (Å²) in [7, 11) is 1.69. The van der Waals surface area contributed by atoms with Crippen molar-refractivity contribution in [3.63, 3.8) is 0 Å². The van der Waals surface area contributed by atoms with E-state index in [0.717, 1.165) is 5.69 Å². The van der Waals surface area contributed by atoms with E-state index in [-0.39, 0.29) is 5.82 Å². The molecule has 0 fully saturated rings. The number of nitrogens with zero attached hydrogens (tertiary/aromatic N) is 2. The first-order valence-corrected chi connectivity index (χ1v) is 4.03. The summed E-state index contributed by atoms with van der Waals surface area (Å²) in [6.07, 6.45) is 3.54. The highest BCUT2D eigenvalue weighted by Gasteiger charge is 2.04. The van der Waals surface area contributed by atoms with Gasteiger partial charge in [0.2, 0.25) is 0 Å². The monoisotopic (exact) mass is 179 g/mol. The Morgan fingerprint density at radius 1 is 1.46 bits per heavy atom. The molecule has 0 amide bonds. The van der Waals surface area contributed by atoms with Crippen LogP contribution in [0.1, 0.15) is 5.69 Å². The van der Waals surface area contributed by atoms with Crippen LogP contribution in [0.2, 0.25) is 0 Å². The lowest BCUT2D eigenvalue weighted by Crippen LogP contribution is -1.95. The fourth-order valence-corrected chi connectivity index (χ4v) is 1.32. The minimum absolute atomic E-state index is 0.277. The van der Waals surface area contributed by atoms with Gasteiger partial charge in [-0.2, -0.15) is 0 Å². The normalized spacial score (nSPS) is 10.7. The van der Waals surface area contributed by atoms with Crippen molar-refractivity contribution in [1.29, 1.82) is 0 Å². The van der Waals surface area contributed by atoms with Crippen LogP contribution >= 0.6 is 0 Å². The van der Waals surface area contributed by atoms with Gasteiger partial charge in [0, 0.05) is 25.5 Å². The Hall–Kier alpha value is -1.58. The van der Waals surface area contributed by atoms with Crippen molar-refractivity contribution in [2.45, 2.75) is 6.92 Å². The van der Waals surface area contributed by atoms with Crippen molar-refractivity contribution >= 4 is 11.3 Å². The molecule has 0 saturated carbocycles. The number of aromatic nitrogens is 2. The number of anilines is 1. The molecule has 2 heterocycles. The Labute approximate surface area is 75.2 Å². The van der Waals surface area contributed by atoms with Gasteiger partial charge in [-0.1, -0.05) is 0 Å². The molecule has 1 N–H and O–H groups in total. The molecule has 3 nitrogen and oxygen atoms in total. The lowest BCUT2D eigenvalue weighted by molar-refractivity contribution is 0.630. The second-order valence-electron chi connectivity index (χ2n) is 2.93. The van der Waals surface area contributed by atoms with Crippen LogP contribution in [0.4, 0.5) is 10.1 Å². The van der Waals surface area contributed by atoms with Crippen molar-refractivity contribution < 1.29 is 4.39 Å². The molecule has 2 rings (SSSR count). The second-order valence-corrected chi connectivity index (χ2v) is 2.93. The van der Waals surface area contributed by atoms with Crippen LogP contribution in [0.25, 0.3) is 5.65 Å². The maximum atomic E-state index is 13.2. The molecule has 13 heavy (non-hydrogen) atoms. The number of imidazole rings is 1. The van der Waals surface area contributed by atoms with Crippen molar-refractivity contribution in [2.24, 2.45) is 0 Å². The molecule has 0 radical (unpaired) electrons. The van der Waals surface area contributed by atoms with E-state index in [4.69, 9.17) is 0 Å². The molecule has 0 aliphatic rings. The molecule has 2 aromatic heterocycles. The maximum Gasteiger partial charge on any atom is 0.151 e. The Morgan fingerprint density at radius 2 is 2.23 bits per heavy atom. The molecular weight excluding hydrogens is 169 g/mol. The molecule has 68 valence electrons. The number of nitrogens with one attached hydrogen (secondary N) is 1. The zero-order valence-corrected chi connectivity index (χ0v) is 7.50. The summed E-state index contributed by atoms with van der Waals surface area (Å²) < 4.78 is 15.0. The summed E-state index contributed by atoms with van der Waals surface area (Å²) in [6.45, 7) is 1.88. The number of pyridine rings is 1. The minimum Gasteiger partial charge on any atom is -0.385 e. The molecule has 0 atom stereocenters. The molecule has 0 saturated heterocycles. The summed E-state index contributed by atoms with van der Waals surface area (Å²) in [6, 6.07) is 1.42. The first-order valence-electron chi connectivity index (χ1n) is 4.03. The van der Waals surface area contributed by atoms with Crippen LogP contribution in [-0.2, 0) is 0 Å². The van der Waals surface area contributed by atoms with Crippen LogP contribution in [0.15, 0.2) is 18.5 Å². The van der Waals surface area contributed by atoms with E-state index in [1.807, 2.05) is 13.1 Å². The number of hydrogen-bond donors (Lipinski definition) is 1. The standard InChI is InChI=1S/C9H10FN3/c1-6-4-13-5-8(11-2)7(10)3-9(13)12-6/h3-5,11H,1-2H3. The van der Waals surface area contributed by atoms with E-state index in [2.05, 4.69) is 10.3 Å². The van der Waals surface area contributed by atoms with Gasteiger partial charge in [0.1, 0.15) is 5.65 Å². The van der Waals surface area contributed by atoms with Gasteiger partial charge in [-0.05, 0) is 6.92 Å².